The smallest absolute Gasteiger partial charge is 0.0555 e. The molecule has 1 aliphatic heterocycles. The van der Waals surface area contributed by atoms with E-state index in [2.05, 4.69) is 70.9 Å². The Morgan fingerprint density at radius 2 is 1.35 bits per heavy atom. The molecule has 2 aromatic rings. The third kappa shape index (κ3) is 5.72. The van der Waals surface area contributed by atoms with Crippen LogP contribution < -0.4 is 10.2 Å². The van der Waals surface area contributed by atoms with Crippen molar-refractivity contribution in [3.8, 4) is 0 Å². The summed E-state index contributed by atoms with van der Waals surface area (Å²) in [5.74, 6) is 0. The van der Waals surface area contributed by atoms with Gasteiger partial charge in [0.05, 0.1) is 6.04 Å². The van der Waals surface area contributed by atoms with E-state index in [9.17, 15) is 0 Å². The van der Waals surface area contributed by atoms with E-state index in [1.165, 1.54) is 11.3 Å². The molecule has 23 heavy (non-hydrogen) atoms. The number of hydrogen-bond acceptors (Lipinski definition) is 2. The van der Waals surface area contributed by atoms with Gasteiger partial charge in [0.25, 0.3) is 0 Å². The molecule has 3 rings (SSSR count). The molecule has 1 heterocycles. The Labute approximate surface area is 142 Å². The Kier molecular flexibility index (Phi) is 9.81. The molecule has 0 amide bonds. The maximum Gasteiger partial charge on any atom is 0.0555 e. The van der Waals surface area contributed by atoms with E-state index in [-0.39, 0.29) is 0 Å². The summed E-state index contributed by atoms with van der Waals surface area (Å²) >= 11 is 0. The summed E-state index contributed by atoms with van der Waals surface area (Å²) in [6.45, 7) is 11.2. The van der Waals surface area contributed by atoms with Gasteiger partial charge in [-0.2, -0.15) is 0 Å². The van der Waals surface area contributed by atoms with Crippen LogP contribution in [0, 0.1) is 0 Å². The highest BCUT2D eigenvalue weighted by Gasteiger charge is 2.22. The lowest BCUT2D eigenvalue weighted by atomic mass is 10.0. The number of anilines is 1. The Morgan fingerprint density at radius 3 is 1.96 bits per heavy atom. The molecule has 126 valence electrons. The predicted molar refractivity (Wildman–Crippen MR) is 103 cm³/mol. The van der Waals surface area contributed by atoms with Crippen LogP contribution in [-0.4, -0.2) is 19.6 Å². The molecule has 1 aliphatic rings. The van der Waals surface area contributed by atoms with Crippen LogP contribution in [0.3, 0.4) is 0 Å². The van der Waals surface area contributed by atoms with E-state index in [1.807, 2.05) is 27.7 Å². The third-order valence-electron chi connectivity index (χ3n) is 3.77. The lowest BCUT2D eigenvalue weighted by Gasteiger charge is -2.32. The van der Waals surface area contributed by atoms with E-state index < -0.39 is 0 Å². The highest BCUT2D eigenvalue weighted by atomic mass is 15.2. The molecule has 1 unspecified atom stereocenters. The zero-order valence-corrected chi connectivity index (χ0v) is 15.1. The Bertz CT molecular complexity index is 448. The van der Waals surface area contributed by atoms with Crippen molar-refractivity contribution in [1.82, 2.24) is 5.32 Å². The summed E-state index contributed by atoms with van der Waals surface area (Å²) in [4.78, 5) is 2.52. The Hall–Kier alpha value is -1.80. The minimum absolute atomic E-state index is 0.471. The van der Waals surface area contributed by atoms with Crippen LogP contribution in [0.2, 0.25) is 0 Å². The van der Waals surface area contributed by atoms with Crippen molar-refractivity contribution in [2.24, 2.45) is 0 Å². The normalized spacial score (nSPS) is 17.0. The number of rotatable bonds is 2. The summed E-state index contributed by atoms with van der Waals surface area (Å²) in [6, 6.07) is 22.1. The van der Waals surface area contributed by atoms with Gasteiger partial charge in [-0.3, -0.25) is 0 Å². The van der Waals surface area contributed by atoms with Crippen LogP contribution in [0.5, 0.6) is 0 Å². The van der Waals surface area contributed by atoms with E-state index in [0.29, 0.717) is 6.04 Å². The number of hydrogen-bond donors (Lipinski definition) is 1. The standard InChI is InChI=1S/C17H20N2.2C2H6/c1-3-7-15(8-4-1)17-11-12-18-13-14-19(17)16-9-5-2-6-10-16;2*1-2/h1-10,17-18H,11-14H2;2*1-2H3. The van der Waals surface area contributed by atoms with Gasteiger partial charge in [0, 0.05) is 18.8 Å². The zero-order valence-electron chi connectivity index (χ0n) is 15.1. The van der Waals surface area contributed by atoms with Gasteiger partial charge in [-0.15, -0.1) is 0 Å². The fourth-order valence-corrected chi connectivity index (χ4v) is 2.83. The number of nitrogens with one attached hydrogen (secondary N) is 1. The summed E-state index contributed by atoms with van der Waals surface area (Å²) in [7, 11) is 0. The second-order valence-electron chi connectivity index (χ2n) is 4.99. The summed E-state index contributed by atoms with van der Waals surface area (Å²) in [6.07, 6.45) is 1.15. The maximum atomic E-state index is 3.51. The highest BCUT2D eigenvalue weighted by molar-refractivity contribution is 5.49. The minimum atomic E-state index is 0.471. The van der Waals surface area contributed by atoms with Crippen molar-refractivity contribution in [1.29, 1.82) is 0 Å². The number of benzene rings is 2. The van der Waals surface area contributed by atoms with Crippen LogP contribution in [0.4, 0.5) is 5.69 Å². The van der Waals surface area contributed by atoms with E-state index in [4.69, 9.17) is 0 Å². The molecule has 1 N–H and O–H groups in total. The Balaban J connectivity index is 0.000000615. The minimum Gasteiger partial charge on any atom is -0.363 e. The molecule has 0 saturated carbocycles. The highest BCUT2D eigenvalue weighted by Crippen LogP contribution is 2.30. The lowest BCUT2D eigenvalue weighted by molar-refractivity contribution is 0.617. The first-order valence-electron chi connectivity index (χ1n) is 9.02. The first-order chi connectivity index (χ1) is 11.4. The fourth-order valence-electron chi connectivity index (χ4n) is 2.83. The molecule has 0 radical (unpaired) electrons. The van der Waals surface area contributed by atoms with Crippen molar-refractivity contribution in [2.75, 3.05) is 24.5 Å². The molecular formula is C21H32N2. The fraction of sp³-hybridized carbons (Fsp3) is 0.429. The summed E-state index contributed by atoms with van der Waals surface area (Å²) < 4.78 is 0. The number of nitrogens with zero attached hydrogens (tertiary/aromatic N) is 1. The van der Waals surface area contributed by atoms with Crippen LogP contribution in [-0.2, 0) is 0 Å². The van der Waals surface area contributed by atoms with Crippen LogP contribution >= 0.6 is 0 Å². The molecule has 2 heteroatoms. The zero-order chi connectivity index (χ0) is 16.9. The van der Waals surface area contributed by atoms with Gasteiger partial charge >= 0.3 is 0 Å². The molecule has 0 aliphatic carbocycles. The second kappa shape index (κ2) is 11.7. The van der Waals surface area contributed by atoms with Crippen molar-refractivity contribution in [3.05, 3.63) is 66.2 Å². The van der Waals surface area contributed by atoms with Gasteiger partial charge in [-0.25, -0.2) is 0 Å². The van der Waals surface area contributed by atoms with Gasteiger partial charge in [-0.05, 0) is 30.7 Å². The van der Waals surface area contributed by atoms with Gasteiger partial charge in [0.2, 0.25) is 0 Å². The molecule has 0 bridgehead atoms. The quantitative estimate of drug-likeness (QED) is 0.811. The van der Waals surface area contributed by atoms with Crippen LogP contribution in [0.25, 0.3) is 0 Å². The van der Waals surface area contributed by atoms with Gasteiger partial charge < -0.3 is 10.2 Å². The van der Waals surface area contributed by atoms with Crippen molar-refractivity contribution in [3.63, 3.8) is 0 Å². The first-order valence-corrected chi connectivity index (χ1v) is 9.02. The Morgan fingerprint density at radius 1 is 0.783 bits per heavy atom. The molecule has 1 fully saturated rings. The molecule has 1 atom stereocenters. The molecule has 2 aromatic carbocycles. The SMILES string of the molecule is CC.CC.c1ccc(C2CCNCCN2c2ccccc2)cc1. The van der Waals surface area contributed by atoms with Crippen LogP contribution in [0.15, 0.2) is 60.7 Å². The van der Waals surface area contributed by atoms with Gasteiger partial charge in [-0.1, -0.05) is 76.2 Å². The predicted octanol–water partition coefficient (Wildman–Crippen LogP) is 5.28. The summed E-state index contributed by atoms with van der Waals surface area (Å²) in [5, 5.41) is 3.51. The number of para-hydroxylation sites is 1. The topological polar surface area (TPSA) is 15.3 Å². The lowest BCUT2D eigenvalue weighted by Crippen LogP contribution is -2.30. The van der Waals surface area contributed by atoms with E-state index in [1.54, 1.807) is 0 Å². The maximum absolute atomic E-state index is 3.51. The van der Waals surface area contributed by atoms with Crippen molar-refractivity contribution in [2.45, 2.75) is 40.2 Å². The largest absolute Gasteiger partial charge is 0.363 e. The second-order valence-corrected chi connectivity index (χ2v) is 4.99. The molecule has 0 spiro atoms. The van der Waals surface area contributed by atoms with Crippen molar-refractivity contribution >= 4 is 5.69 Å². The average molecular weight is 313 g/mol. The van der Waals surface area contributed by atoms with Gasteiger partial charge in [0.1, 0.15) is 0 Å². The monoisotopic (exact) mass is 312 g/mol. The van der Waals surface area contributed by atoms with Crippen molar-refractivity contribution < 1.29 is 0 Å². The summed E-state index contributed by atoms with van der Waals surface area (Å²) in [5.41, 5.74) is 2.73. The van der Waals surface area contributed by atoms with Crippen LogP contribution in [0.1, 0.15) is 45.7 Å². The van der Waals surface area contributed by atoms with Gasteiger partial charge in [0.15, 0.2) is 0 Å². The molecule has 0 aromatic heterocycles. The molecular weight excluding hydrogens is 280 g/mol. The van der Waals surface area contributed by atoms with E-state index in [0.717, 1.165) is 26.1 Å². The molecule has 2 nitrogen and oxygen atoms in total. The third-order valence-corrected chi connectivity index (χ3v) is 3.77. The van der Waals surface area contributed by atoms with E-state index >= 15 is 0 Å². The molecule has 1 saturated heterocycles. The average Bonchev–Trinajstić information content (AvgIpc) is 2.92. The first kappa shape index (κ1) is 19.2.